The second kappa shape index (κ2) is 10.4. The van der Waals surface area contributed by atoms with Crippen LogP contribution in [0, 0.1) is 5.92 Å². The van der Waals surface area contributed by atoms with Gasteiger partial charge in [0.2, 0.25) is 10.0 Å². The molecule has 0 N–H and O–H groups in total. The van der Waals surface area contributed by atoms with Crippen molar-refractivity contribution in [3.8, 4) is 5.75 Å². The molecule has 1 saturated carbocycles. The molecule has 1 saturated heterocycles. The molecule has 1 heterocycles. The zero-order valence-electron chi connectivity index (χ0n) is 18.5. The first-order valence-corrected chi connectivity index (χ1v) is 13.1. The van der Waals surface area contributed by atoms with Crippen LogP contribution in [0.3, 0.4) is 0 Å². The Morgan fingerprint density at radius 2 is 1.84 bits per heavy atom. The number of likely N-dealkylation sites (tertiary alicyclic amines) is 1. The number of benzene rings is 2. The molecule has 7 heteroatoms. The molecule has 172 valence electrons. The Bertz CT molecular complexity index is 1030. The maximum absolute atomic E-state index is 12.5. The lowest BCUT2D eigenvalue weighted by molar-refractivity contribution is 0.0577. The molecular weight excluding hydrogens is 444 g/mol. The summed E-state index contributed by atoms with van der Waals surface area (Å²) >= 11 is 6.49. The molecule has 2 fully saturated rings. The highest BCUT2D eigenvalue weighted by Gasteiger charge is 2.33. The summed E-state index contributed by atoms with van der Waals surface area (Å²) in [4.78, 5) is 2.43. The second-order valence-electron chi connectivity index (χ2n) is 8.85. The molecule has 4 rings (SSSR count). The Hall–Kier alpha value is -1.86. The number of nitrogens with zero attached hydrogens (tertiary/aromatic N) is 2. The monoisotopic (exact) mass is 474 g/mol. The highest BCUT2D eigenvalue weighted by Crippen LogP contribution is 2.34. The lowest BCUT2D eigenvalue weighted by atomic mass is 9.82. The number of hydrogen-bond acceptors (Lipinski definition) is 4. The fourth-order valence-electron chi connectivity index (χ4n) is 4.32. The fourth-order valence-corrected chi connectivity index (χ4v) is 5.51. The Balaban J connectivity index is 1.23. The van der Waals surface area contributed by atoms with Gasteiger partial charge in [-0.25, -0.2) is 12.7 Å². The van der Waals surface area contributed by atoms with Gasteiger partial charge in [-0.15, -0.1) is 0 Å². The third-order valence-electron chi connectivity index (χ3n) is 6.29. The summed E-state index contributed by atoms with van der Waals surface area (Å²) in [5, 5.41) is 2.03. The Kier molecular flexibility index (Phi) is 7.56. The van der Waals surface area contributed by atoms with E-state index in [0.29, 0.717) is 12.5 Å². The van der Waals surface area contributed by atoms with E-state index in [1.54, 1.807) is 13.1 Å². The molecule has 1 aliphatic carbocycles. The van der Waals surface area contributed by atoms with E-state index < -0.39 is 10.0 Å². The van der Waals surface area contributed by atoms with Crippen LogP contribution in [-0.2, 0) is 16.6 Å². The van der Waals surface area contributed by atoms with Gasteiger partial charge in [-0.05, 0) is 74.0 Å². The fraction of sp³-hybridized carbons (Fsp3) is 0.440. The number of ether oxygens (including phenoxy) is 1. The Morgan fingerprint density at radius 3 is 2.53 bits per heavy atom. The van der Waals surface area contributed by atoms with E-state index in [9.17, 15) is 8.42 Å². The number of rotatable bonds is 9. The molecular formula is C25H31ClN2O3S. The molecule has 2 aromatic rings. The van der Waals surface area contributed by atoms with Gasteiger partial charge in [0.15, 0.2) is 0 Å². The van der Waals surface area contributed by atoms with Crippen LogP contribution < -0.4 is 4.74 Å². The zero-order chi connectivity index (χ0) is 22.6. The van der Waals surface area contributed by atoms with Crippen LogP contribution in [-0.4, -0.2) is 50.4 Å². The molecule has 0 amide bonds. The normalized spacial score (nSPS) is 21.8. The largest absolute Gasteiger partial charge is 0.490 e. The third-order valence-corrected chi connectivity index (χ3v) is 8.14. The molecule has 0 bridgehead atoms. The summed E-state index contributed by atoms with van der Waals surface area (Å²) in [7, 11) is -1.80. The quantitative estimate of drug-likeness (QED) is 0.511. The van der Waals surface area contributed by atoms with Gasteiger partial charge >= 0.3 is 0 Å². The first kappa shape index (κ1) is 23.3. The topological polar surface area (TPSA) is 49.9 Å². The van der Waals surface area contributed by atoms with Crippen LogP contribution in [0.15, 0.2) is 53.9 Å². The van der Waals surface area contributed by atoms with Gasteiger partial charge in [-0.2, -0.15) is 0 Å². The first-order valence-electron chi connectivity index (χ1n) is 11.3. The van der Waals surface area contributed by atoms with Crippen LogP contribution in [0.2, 0.25) is 5.02 Å². The van der Waals surface area contributed by atoms with E-state index in [-0.39, 0.29) is 6.10 Å². The SMILES string of the molecule is CN(CC1CC(Oc2ccc(CN3CCCC3)c(Cl)c2)C1)S(=O)(=O)C=Cc1ccccc1. The van der Waals surface area contributed by atoms with Gasteiger partial charge in [0.25, 0.3) is 0 Å². The standard InChI is InChI=1S/C25H31ClN2O3S/c1-27(32(29,30)14-11-20-7-3-2-4-8-20)18-21-15-24(16-21)31-23-10-9-22(25(26)17-23)19-28-12-5-6-13-28/h2-4,7-11,14,17,21,24H,5-6,12-13,15-16,18-19H2,1H3. The number of halogens is 1. The van der Waals surface area contributed by atoms with Crippen molar-refractivity contribution >= 4 is 27.7 Å². The van der Waals surface area contributed by atoms with Crippen molar-refractivity contribution in [1.29, 1.82) is 0 Å². The molecule has 0 radical (unpaired) electrons. The minimum atomic E-state index is -3.44. The summed E-state index contributed by atoms with van der Waals surface area (Å²) in [6.07, 6.45) is 5.96. The van der Waals surface area contributed by atoms with Crippen molar-refractivity contribution in [2.24, 2.45) is 5.92 Å². The molecule has 32 heavy (non-hydrogen) atoms. The second-order valence-corrected chi connectivity index (χ2v) is 11.2. The highest BCUT2D eigenvalue weighted by atomic mass is 35.5. The van der Waals surface area contributed by atoms with Crippen LogP contribution in [0.25, 0.3) is 6.08 Å². The van der Waals surface area contributed by atoms with E-state index in [0.717, 1.165) is 54.4 Å². The molecule has 2 aromatic carbocycles. The van der Waals surface area contributed by atoms with Gasteiger partial charge in [-0.3, -0.25) is 4.90 Å². The molecule has 2 aliphatic rings. The van der Waals surface area contributed by atoms with Crippen LogP contribution in [0.4, 0.5) is 0 Å². The number of sulfonamides is 1. The van der Waals surface area contributed by atoms with Crippen molar-refractivity contribution in [2.75, 3.05) is 26.7 Å². The summed E-state index contributed by atoms with van der Waals surface area (Å²) in [6, 6.07) is 15.4. The van der Waals surface area contributed by atoms with Gasteiger partial charge in [0, 0.05) is 30.6 Å². The van der Waals surface area contributed by atoms with Crippen LogP contribution >= 0.6 is 11.6 Å². The van der Waals surface area contributed by atoms with E-state index in [4.69, 9.17) is 16.3 Å². The van der Waals surface area contributed by atoms with Gasteiger partial charge < -0.3 is 4.74 Å². The van der Waals surface area contributed by atoms with E-state index in [1.807, 2.05) is 42.5 Å². The summed E-state index contributed by atoms with van der Waals surface area (Å²) in [5.74, 6) is 1.09. The minimum absolute atomic E-state index is 0.108. The van der Waals surface area contributed by atoms with Crippen LogP contribution in [0.5, 0.6) is 5.75 Å². The molecule has 0 aromatic heterocycles. The summed E-state index contributed by atoms with van der Waals surface area (Å²) in [6.45, 7) is 3.68. The molecule has 0 spiro atoms. The predicted octanol–water partition coefficient (Wildman–Crippen LogP) is 5.03. The van der Waals surface area contributed by atoms with E-state index in [2.05, 4.69) is 11.0 Å². The minimum Gasteiger partial charge on any atom is -0.490 e. The van der Waals surface area contributed by atoms with Crippen molar-refractivity contribution < 1.29 is 13.2 Å². The predicted molar refractivity (Wildman–Crippen MR) is 130 cm³/mol. The highest BCUT2D eigenvalue weighted by molar-refractivity contribution is 7.92. The lowest BCUT2D eigenvalue weighted by Crippen LogP contribution is -2.41. The Morgan fingerprint density at radius 1 is 1.12 bits per heavy atom. The first-order chi connectivity index (χ1) is 15.4. The van der Waals surface area contributed by atoms with Crippen molar-refractivity contribution in [2.45, 2.75) is 38.3 Å². The van der Waals surface area contributed by atoms with E-state index in [1.165, 1.54) is 22.6 Å². The molecule has 0 atom stereocenters. The van der Waals surface area contributed by atoms with Crippen molar-refractivity contribution in [1.82, 2.24) is 9.21 Å². The maximum Gasteiger partial charge on any atom is 0.235 e. The van der Waals surface area contributed by atoms with Gasteiger partial charge in [0.05, 0.1) is 6.10 Å². The zero-order valence-corrected chi connectivity index (χ0v) is 20.1. The molecule has 1 aliphatic heterocycles. The smallest absolute Gasteiger partial charge is 0.235 e. The molecule has 0 unspecified atom stereocenters. The number of hydrogen-bond donors (Lipinski definition) is 0. The summed E-state index contributed by atoms with van der Waals surface area (Å²) in [5.41, 5.74) is 2.01. The van der Waals surface area contributed by atoms with Gasteiger partial charge in [-0.1, -0.05) is 48.0 Å². The van der Waals surface area contributed by atoms with Crippen molar-refractivity contribution in [3.63, 3.8) is 0 Å². The lowest BCUT2D eigenvalue weighted by Gasteiger charge is -2.37. The summed E-state index contributed by atoms with van der Waals surface area (Å²) < 4.78 is 32.6. The molecule has 5 nitrogen and oxygen atoms in total. The van der Waals surface area contributed by atoms with E-state index >= 15 is 0 Å². The average molecular weight is 475 g/mol. The Labute approximate surface area is 196 Å². The third kappa shape index (κ3) is 6.13. The van der Waals surface area contributed by atoms with Crippen molar-refractivity contribution in [3.05, 3.63) is 70.1 Å². The van der Waals surface area contributed by atoms with Crippen LogP contribution in [0.1, 0.15) is 36.8 Å². The van der Waals surface area contributed by atoms with Gasteiger partial charge in [0.1, 0.15) is 5.75 Å². The average Bonchev–Trinajstić information content (AvgIpc) is 3.26. The maximum atomic E-state index is 12.5.